The van der Waals surface area contributed by atoms with Gasteiger partial charge in [-0.25, -0.2) is 4.57 Å². The molecule has 11 heteroatoms. The number of hydrogen-bond acceptors (Lipinski definition) is 8. The molecule has 0 aliphatic carbocycles. The molecule has 1 saturated heterocycles. The van der Waals surface area contributed by atoms with Crippen LogP contribution in [0.25, 0.3) is 0 Å². The number of nitrogens with zero attached hydrogens (tertiary/aromatic N) is 1. The van der Waals surface area contributed by atoms with Crippen LogP contribution in [0.3, 0.4) is 0 Å². The second-order valence-electron chi connectivity index (χ2n) is 16.8. The van der Waals surface area contributed by atoms with Gasteiger partial charge in [-0.3, -0.25) is 18.6 Å². The highest BCUT2D eigenvalue weighted by Crippen LogP contribution is 2.43. The second kappa shape index (κ2) is 33.7. The summed E-state index contributed by atoms with van der Waals surface area (Å²) in [6.45, 7) is 4.39. The normalized spacial score (nSPS) is 17.3. The number of epoxide rings is 1. The zero-order chi connectivity index (χ0) is 40.5. The van der Waals surface area contributed by atoms with E-state index in [4.69, 9.17) is 23.3 Å². The number of unbranched alkanes of at least 4 members (excludes halogenated alkanes) is 21. The Morgan fingerprint density at radius 2 is 1.16 bits per heavy atom. The van der Waals surface area contributed by atoms with E-state index in [1.54, 1.807) is 0 Å². The molecule has 1 heterocycles. The number of quaternary nitrogens is 1. The fraction of sp³-hybridized carbons (Fsp3) is 0.909. The Balaban J connectivity index is 2.26. The molecular formula is C44H85NO9P+. The van der Waals surface area contributed by atoms with Crippen molar-refractivity contribution in [2.75, 3.05) is 47.5 Å². The summed E-state index contributed by atoms with van der Waals surface area (Å²) in [4.78, 5) is 35.4. The molecule has 1 N–H and O–H groups in total. The van der Waals surface area contributed by atoms with Crippen LogP contribution in [0.1, 0.15) is 194 Å². The first-order valence-corrected chi connectivity index (χ1v) is 24.0. The topological polar surface area (TPSA) is 121 Å². The van der Waals surface area contributed by atoms with Crippen LogP contribution in [0.2, 0.25) is 0 Å². The number of carbonyl (C=O) groups is 2. The van der Waals surface area contributed by atoms with Gasteiger partial charge in [-0.05, 0) is 38.5 Å². The molecule has 0 bridgehead atoms. The minimum absolute atomic E-state index is 0.0299. The molecule has 1 aliphatic rings. The van der Waals surface area contributed by atoms with E-state index in [0.29, 0.717) is 29.7 Å². The molecule has 1 fully saturated rings. The number of likely N-dealkylation sites (N-methyl/N-ethyl adjacent to an activating group) is 1. The molecule has 0 radical (unpaired) electrons. The first-order valence-electron chi connectivity index (χ1n) is 22.5. The number of ether oxygens (including phenoxy) is 3. The molecule has 0 spiro atoms. The van der Waals surface area contributed by atoms with Gasteiger partial charge in [0.05, 0.1) is 40.0 Å². The Labute approximate surface area is 337 Å². The predicted octanol–water partition coefficient (Wildman–Crippen LogP) is 11.6. The minimum atomic E-state index is -4.38. The highest BCUT2D eigenvalue weighted by atomic mass is 31.2. The van der Waals surface area contributed by atoms with Gasteiger partial charge in [-0.1, -0.05) is 154 Å². The number of carbonyl (C=O) groups excluding carboxylic acids is 2. The second-order valence-corrected chi connectivity index (χ2v) is 18.3. The summed E-state index contributed by atoms with van der Waals surface area (Å²) in [6.07, 6.45) is 35.6. The standard InChI is InChI=1S/C44H84NO9P/c1-6-8-10-11-12-13-14-15-16-17-18-19-24-27-31-35-44(47)53-40(39-52-55(48,49)51-37-36-45(3,4)5)38-50-43(46)34-30-26-23-21-20-22-25-29-33-42-41(54-42)32-28-9-7-2/h25,29,40-42H,6-24,26-28,30-39H2,1-5H3/p+1/b29-25-/t40-,41?,42?/m1/s1. The molecule has 0 aromatic heterocycles. The molecule has 3 unspecified atom stereocenters. The lowest BCUT2D eigenvalue weighted by Crippen LogP contribution is -2.37. The highest BCUT2D eigenvalue weighted by molar-refractivity contribution is 7.47. The van der Waals surface area contributed by atoms with Crippen molar-refractivity contribution < 1.29 is 46.8 Å². The number of esters is 2. The van der Waals surface area contributed by atoms with Crippen LogP contribution in [-0.2, 0) is 37.4 Å². The third-order valence-corrected chi connectivity index (χ3v) is 11.2. The fourth-order valence-corrected chi connectivity index (χ4v) is 7.29. The Bertz CT molecular complexity index is 1020. The van der Waals surface area contributed by atoms with Crippen LogP contribution < -0.4 is 0 Å². The molecule has 0 amide bonds. The summed E-state index contributed by atoms with van der Waals surface area (Å²) in [6, 6.07) is 0. The molecule has 0 saturated carbocycles. The van der Waals surface area contributed by atoms with Crippen molar-refractivity contribution in [2.24, 2.45) is 0 Å². The summed E-state index contributed by atoms with van der Waals surface area (Å²) in [7, 11) is 1.47. The monoisotopic (exact) mass is 803 g/mol. The van der Waals surface area contributed by atoms with Crippen LogP contribution in [0.4, 0.5) is 0 Å². The number of allylic oxidation sites excluding steroid dienone is 1. The Morgan fingerprint density at radius 1 is 0.655 bits per heavy atom. The molecule has 0 aromatic rings. The van der Waals surface area contributed by atoms with Crippen molar-refractivity contribution in [1.29, 1.82) is 0 Å². The van der Waals surface area contributed by atoms with Gasteiger partial charge < -0.3 is 23.6 Å². The lowest BCUT2D eigenvalue weighted by Gasteiger charge is -2.24. The van der Waals surface area contributed by atoms with Gasteiger partial charge in [0.25, 0.3) is 0 Å². The van der Waals surface area contributed by atoms with Crippen molar-refractivity contribution >= 4 is 19.8 Å². The summed E-state index contributed by atoms with van der Waals surface area (Å²) in [5, 5.41) is 0. The smallest absolute Gasteiger partial charge is 0.462 e. The maximum absolute atomic E-state index is 12.7. The van der Waals surface area contributed by atoms with E-state index in [1.165, 1.54) is 103 Å². The molecule has 1 aliphatic heterocycles. The van der Waals surface area contributed by atoms with Crippen LogP contribution >= 0.6 is 7.82 Å². The number of phosphoric ester groups is 1. The van der Waals surface area contributed by atoms with Gasteiger partial charge in [0.1, 0.15) is 19.8 Å². The Kier molecular flexibility index (Phi) is 31.7. The first-order chi connectivity index (χ1) is 26.5. The summed E-state index contributed by atoms with van der Waals surface area (Å²) < 4.78 is 40.1. The van der Waals surface area contributed by atoms with E-state index < -0.39 is 26.5 Å². The van der Waals surface area contributed by atoms with Crippen molar-refractivity contribution in [3.63, 3.8) is 0 Å². The lowest BCUT2D eigenvalue weighted by molar-refractivity contribution is -0.870. The summed E-state index contributed by atoms with van der Waals surface area (Å²) in [5.74, 6) is -0.812. The van der Waals surface area contributed by atoms with E-state index >= 15 is 0 Å². The third kappa shape index (κ3) is 34.5. The van der Waals surface area contributed by atoms with Crippen molar-refractivity contribution in [2.45, 2.75) is 212 Å². The SMILES string of the molecule is CCCCCCCCCCCCCCCCCC(=O)O[C@H](COC(=O)CCCCCCC/C=C\CC1OC1CCCCC)COP(=O)(O)OCC[N+](C)(C)C. The lowest BCUT2D eigenvalue weighted by atomic mass is 10.0. The van der Waals surface area contributed by atoms with Gasteiger partial charge in [0.15, 0.2) is 6.10 Å². The van der Waals surface area contributed by atoms with E-state index in [0.717, 1.165) is 57.8 Å². The van der Waals surface area contributed by atoms with E-state index in [1.807, 2.05) is 21.1 Å². The molecule has 10 nitrogen and oxygen atoms in total. The summed E-state index contributed by atoms with van der Waals surface area (Å²) in [5.41, 5.74) is 0. The average Bonchev–Trinajstić information content (AvgIpc) is 3.89. The molecule has 55 heavy (non-hydrogen) atoms. The quantitative estimate of drug-likeness (QED) is 0.0161. The molecule has 4 atom stereocenters. The van der Waals surface area contributed by atoms with Gasteiger partial charge in [-0.15, -0.1) is 0 Å². The van der Waals surface area contributed by atoms with Crippen LogP contribution in [-0.4, -0.2) is 87.1 Å². The number of hydrogen-bond donors (Lipinski definition) is 1. The van der Waals surface area contributed by atoms with Gasteiger partial charge >= 0.3 is 19.8 Å². The Morgan fingerprint density at radius 3 is 1.73 bits per heavy atom. The fourth-order valence-electron chi connectivity index (χ4n) is 6.55. The van der Waals surface area contributed by atoms with Gasteiger partial charge in [0.2, 0.25) is 0 Å². The van der Waals surface area contributed by atoms with Crippen molar-refractivity contribution in [3.05, 3.63) is 12.2 Å². The number of phosphoric acid groups is 1. The van der Waals surface area contributed by atoms with Crippen LogP contribution in [0.15, 0.2) is 12.2 Å². The van der Waals surface area contributed by atoms with Crippen LogP contribution in [0.5, 0.6) is 0 Å². The molecule has 0 aromatic carbocycles. The van der Waals surface area contributed by atoms with Crippen molar-refractivity contribution in [3.8, 4) is 0 Å². The van der Waals surface area contributed by atoms with Crippen molar-refractivity contribution in [1.82, 2.24) is 0 Å². The Hall–Kier alpha value is -1.29. The average molecular weight is 803 g/mol. The summed E-state index contributed by atoms with van der Waals surface area (Å²) >= 11 is 0. The van der Waals surface area contributed by atoms with E-state index in [2.05, 4.69) is 26.0 Å². The molecule has 324 valence electrons. The molecular weight excluding hydrogens is 717 g/mol. The van der Waals surface area contributed by atoms with Gasteiger partial charge in [0, 0.05) is 12.8 Å². The largest absolute Gasteiger partial charge is 0.472 e. The molecule has 1 rings (SSSR count). The van der Waals surface area contributed by atoms with Gasteiger partial charge in [-0.2, -0.15) is 0 Å². The zero-order valence-electron chi connectivity index (χ0n) is 36.1. The minimum Gasteiger partial charge on any atom is -0.462 e. The van der Waals surface area contributed by atoms with E-state index in [-0.39, 0.29) is 32.0 Å². The van der Waals surface area contributed by atoms with Crippen LogP contribution in [0, 0.1) is 0 Å². The first kappa shape index (κ1) is 51.7. The maximum atomic E-state index is 12.7. The maximum Gasteiger partial charge on any atom is 0.472 e. The number of rotatable bonds is 40. The third-order valence-electron chi connectivity index (χ3n) is 10.2. The van der Waals surface area contributed by atoms with E-state index in [9.17, 15) is 19.0 Å². The predicted molar refractivity (Wildman–Crippen MR) is 224 cm³/mol. The zero-order valence-corrected chi connectivity index (χ0v) is 37.0. The highest BCUT2D eigenvalue weighted by Gasteiger charge is 2.36.